The van der Waals surface area contributed by atoms with Crippen molar-refractivity contribution in [3.05, 3.63) is 0 Å². The predicted molar refractivity (Wildman–Crippen MR) is 60.7 cm³/mol. The van der Waals surface area contributed by atoms with E-state index in [9.17, 15) is 9.90 Å². The third kappa shape index (κ3) is 4.76. The van der Waals surface area contributed by atoms with Gasteiger partial charge in [-0.3, -0.25) is 4.79 Å². The number of aliphatic hydroxyl groups excluding tert-OH is 1. The van der Waals surface area contributed by atoms with Crippen LogP contribution in [0, 0.1) is 11.8 Å². The summed E-state index contributed by atoms with van der Waals surface area (Å²) in [6.07, 6.45) is -0.558. The van der Waals surface area contributed by atoms with Gasteiger partial charge in [0.1, 0.15) is 6.61 Å². The minimum Gasteiger partial charge on any atom is -0.390 e. The SMILES string of the molecule is CC(C)C(=O)COC(C)(C)C(O)C(C)C. The first kappa shape index (κ1) is 14.6. The summed E-state index contributed by atoms with van der Waals surface area (Å²) in [6.45, 7) is 11.3. The van der Waals surface area contributed by atoms with Crippen molar-refractivity contribution in [1.29, 1.82) is 0 Å². The van der Waals surface area contributed by atoms with E-state index in [2.05, 4.69) is 0 Å². The van der Waals surface area contributed by atoms with Crippen LogP contribution in [-0.4, -0.2) is 29.2 Å². The number of rotatable bonds is 6. The van der Waals surface area contributed by atoms with Crippen LogP contribution in [0.25, 0.3) is 0 Å². The van der Waals surface area contributed by atoms with Gasteiger partial charge in [-0.05, 0) is 19.8 Å². The summed E-state index contributed by atoms with van der Waals surface area (Å²) in [6, 6.07) is 0. The summed E-state index contributed by atoms with van der Waals surface area (Å²) in [5, 5.41) is 9.87. The highest BCUT2D eigenvalue weighted by molar-refractivity contribution is 5.81. The average molecular weight is 216 g/mol. The van der Waals surface area contributed by atoms with Gasteiger partial charge in [-0.1, -0.05) is 27.7 Å². The maximum atomic E-state index is 11.4. The molecule has 0 saturated carbocycles. The van der Waals surface area contributed by atoms with Crippen molar-refractivity contribution >= 4 is 5.78 Å². The number of Topliss-reactive ketones (excluding diaryl/α,β-unsaturated/α-hetero) is 1. The van der Waals surface area contributed by atoms with E-state index in [0.29, 0.717) is 0 Å². The van der Waals surface area contributed by atoms with Crippen LogP contribution >= 0.6 is 0 Å². The van der Waals surface area contributed by atoms with Crippen LogP contribution in [0.4, 0.5) is 0 Å². The molecule has 0 saturated heterocycles. The molecule has 90 valence electrons. The largest absolute Gasteiger partial charge is 0.390 e. The van der Waals surface area contributed by atoms with Crippen LogP contribution in [0.2, 0.25) is 0 Å². The fourth-order valence-corrected chi connectivity index (χ4v) is 1.31. The highest BCUT2D eigenvalue weighted by Crippen LogP contribution is 2.21. The second-order valence-electron chi connectivity index (χ2n) is 5.20. The first-order chi connectivity index (χ1) is 6.68. The molecule has 0 aromatic rings. The van der Waals surface area contributed by atoms with Crippen LogP contribution < -0.4 is 0 Å². The Labute approximate surface area is 92.8 Å². The topological polar surface area (TPSA) is 46.5 Å². The number of aliphatic hydroxyl groups is 1. The summed E-state index contributed by atoms with van der Waals surface area (Å²) in [4.78, 5) is 11.4. The standard InChI is InChI=1S/C12H24O3/c1-8(2)10(13)7-15-12(5,6)11(14)9(3)4/h8-9,11,14H,7H2,1-6H3. The van der Waals surface area contributed by atoms with Gasteiger partial charge < -0.3 is 9.84 Å². The Bertz CT molecular complexity index is 207. The van der Waals surface area contributed by atoms with E-state index < -0.39 is 11.7 Å². The average Bonchev–Trinajstić information content (AvgIpc) is 2.12. The molecular weight excluding hydrogens is 192 g/mol. The van der Waals surface area contributed by atoms with Gasteiger partial charge in [-0.15, -0.1) is 0 Å². The predicted octanol–water partition coefficient (Wildman–Crippen LogP) is 2.02. The van der Waals surface area contributed by atoms with Gasteiger partial charge >= 0.3 is 0 Å². The molecule has 1 unspecified atom stereocenters. The molecule has 1 atom stereocenters. The van der Waals surface area contributed by atoms with Crippen molar-refractivity contribution in [2.45, 2.75) is 53.2 Å². The van der Waals surface area contributed by atoms with Crippen molar-refractivity contribution in [3.8, 4) is 0 Å². The number of hydrogen-bond acceptors (Lipinski definition) is 3. The molecule has 0 aromatic heterocycles. The second-order valence-corrected chi connectivity index (χ2v) is 5.20. The Morgan fingerprint density at radius 1 is 1.27 bits per heavy atom. The van der Waals surface area contributed by atoms with E-state index in [1.165, 1.54) is 0 Å². The van der Waals surface area contributed by atoms with E-state index in [4.69, 9.17) is 4.74 Å². The number of hydrogen-bond donors (Lipinski definition) is 1. The lowest BCUT2D eigenvalue weighted by Gasteiger charge is -2.33. The molecule has 0 fully saturated rings. The van der Waals surface area contributed by atoms with Gasteiger partial charge in [0, 0.05) is 5.92 Å². The first-order valence-electron chi connectivity index (χ1n) is 5.53. The van der Waals surface area contributed by atoms with Gasteiger partial charge in [0.15, 0.2) is 5.78 Å². The molecule has 0 radical (unpaired) electrons. The molecule has 0 amide bonds. The number of ether oxygens (including phenoxy) is 1. The van der Waals surface area contributed by atoms with E-state index >= 15 is 0 Å². The lowest BCUT2D eigenvalue weighted by Crippen LogP contribution is -2.43. The smallest absolute Gasteiger partial charge is 0.161 e. The Morgan fingerprint density at radius 2 is 1.73 bits per heavy atom. The van der Waals surface area contributed by atoms with E-state index in [1.807, 2.05) is 41.5 Å². The van der Waals surface area contributed by atoms with Gasteiger partial charge in [0.2, 0.25) is 0 Å². The van der Waals surface area contributed by atoms with Crippen LogP contribution in [0.5, 0.6) is 0 Å². The molecule has 0 heterocycles. The van der Waals surface area contributed by atoms with Crippen LogP contribution in [0.1, 0.15) is 41.5 Å². The summed E-state index contributed by atoms with van der Waals surface area (Å²) >= 11 is 0. The zero-order valence-electron chi connectivity index (χ0n) is 10.7. The molecular formula is C12H24O3. The number of ketones is 1. The molecule has 0 spiro atoms. The lowest BCUT2D eigenvalue weighted by molar-refractivity contribution is -0.145. The van der Waals surface area contributed by atoms with Gasteiger partial charge in [-0.2, -0.15) is 0 Å². The molecule has 0 bridgehead atoms. The highest BCUT2D eigenvalue weighted by Gasteiger charge is 2.31. The zero-order valence-corrected chi connectivity index (χ0v) is 10.7. The van der Waals surface area contributed by atoms with Crippen molar-refractivity contribution in [1.82, 2.24) is 0 Å². The van der Waals surface area contributed by atoms with Crippen LogP contribution in [-0.2, 0) is 9.53 Å². The second kappa shape index (κ2) is 5.61. The first-order valence-corrected chi connectivity index (χ1v) is 5.53. The van der Waals surface area contributed by atoms with Crippen molar-refractivity contribution in [2.75, 3.05) is 6.61 Å². The zero-order chi connectivity index (χ0) is 12.2. The third-order valence-corrected chi connectivity index (χ3v) is 2.57. The quantitative estimate of drug-likeness (QED) is 0.739. The highest BCUT2D eigenvalue weighted by atomic mass is 16.5. The Kier molecular flexibility index (Phi) is 5.46. The van der Waals surface area contributed by atoms with E-state index in [0.717, 1.165) is 0 Å². The molecule has 3 heteroatoms. The maximum Gasteiger partial charge on any atom is 0.161 e. The summed E-state index contributed by atoms with van der Waals surface area (Å²) in [5.41, 5.74) is -0.668. The van der Waals surface area contributed by atoms with Gasteiger partial charge in [0.25, 0.3) is 0 Å². The minimum absolute atomic E-state index is 0.0167. The Morgan fingerprint density at radius 3 is 2.07 bits per heavy atom. The summed E-state index contributed by atoms with van der Waals surface area (Å²) in [7, 11) is 0. The molecule has 0 aromatic carbocycles. The van der Waals surface area contributed by atoms with Crippen molar-refractivity contribution < 1.29 is 14.6 Å². The molecule has 0 aliphatic heterocycles. The monoisotopic (exact) mass is 216 g/mol. The van der Waals surface area contributed by atoms with Crippen molar-refractivity contribution in [2.24, 2.45) is 11.8 Å². The molecule has 0 aliphatic carbocycles. The minimum atomic E-state index is -0.668. The number of carbonyl (C=O) groups excluding carboxylic acids is 1. The van der Waals surface area contributed by atoms with Crippen LogP contribution in [0.15, 0.2) is 0 Å². The van der Waals surface area contributed by atoms with Crippen LogP contribution in [0.3, 0.4) is 0 Å². The Hall–Kier alpha value is -0.410. The molecule has 0 rings (SSSR count). The van der Waals surface area contributed by atoms with Gasteiger partial charge in [0.05, 0.1) is 11.7 Å². The molecule has 3 nitrogen and oxygen atoms in total. The molecule has 15 heavy (non-hydrogen) atoms. The summed E-state index contributed by atoms with van der Waals surface area (Å²) < 4.78 is 5.48. The fourth-order valence-electron chi connectivity index (χ4n) is 1.31. The lowest BCUT2D eigenvalue weighted by atomic mass is 9.92. The van der Waals surface area contributed by atoms with E-state index in [-0.39, 0.29) is 24.2 Å². The van der Waals surface area contributed by atoms with E-state index in [1.54, 1.807) is 0 Å². The molecule has 0 aliphatic rings. The van der Waals surface area contributed by atoms with Crippen molar-refractivity contribution in [3.63, 3.8) is 0 Å². The molecule has 1 N–H and O–H groups in total. The fraction of sp³-hybridized carbons (Fsp3) is 0.917. The van der Waals surface area contributed by atoms with Gasteiger partial charge in [-0.25, -0.2) is 0 Å². The number of carbonyl (C=O) groups is 1. The normalized spacial score (nSPS) is 14.7. The maximum absolute atomic E-state index is 11.4. The third-order valence-electron chi connectivity index (χ3n) is 2.57. The Balaban J connectivity index is 4.21. The summed E-state index contributed by atoms with van der Waals surface area (Å²) in [5.74, 6) is 0.171.